The molecule has 0 bridgehead atoms. The van der Waals surface area contributed by atoms with E-state index in [0.717, 1.165) is 44.2 Å². The number of hydrogen-bond donors (Lipinski definition) is 0. The van der Waals surface area contributed by atoms with E-state index < -0.39 is 5.41 Å². The van der Waals surface area contributed by atoms with Gasteiger partial charge in [-0.15, -0.1) is 0 Å². The Morgan fingerprint density at radius 2 is 0.879 bits per heavy atom. The number of rotatable bonds is 4. The van der Waals surface area contributed by atoms with Crippen LogP contribution in [0.3, 0.4) is 0 Å². The number of nitrogens with zero attached hydrogens (tertiary/aromatic N) is 4. The molecule has 4 nitrogen and oxygen atoms in total. The monoisotopic (exact) mass is 736 g/mol. The summed E-state index contributed by atoms with van der Waals surface area (Å²) in [6, 6.07) is 70.1. The van der Waals surface area contributed by atoms with Gasteiger partial charge in [0, 0.05) is 33.2 Å². The van der Waals surface area contributed by atoms with Crippen LogP contribution in [0.25, 0.3) is 94.3 Å². The quantitative estimate of drug-likeness (QED) is 0.169. The Hall–Kier alpha value is -7.69. The van der Waals surface area contributed by atoms with Crippen LogP contribution in [0.5, 0.6) is 0 Å². The van der Waals surface area contributed by atoms with E-state index >= 15 is 0 Å². The van der Waals surface area contributed by atoms with Crippen molar-refractivity contribution in [2.24, 2.45) is 0 Å². The second-order valence-corrected chi connectivity index (χ2v) is 15.5. The summed E-state index contributed by atoms with van der Waals surface area (Å²) in [5.41, 5.74) is 13.8. The predicted molar refractivity (Wildman–Crippen MR) is 236 cm³/mol. The lowest BCUT2D eigenvalue weighted by Gasteiger charge is -2.31. The topological polar surface area (TPSA) is 43.6 Å². The minimum absolute atomic E-state index is 0.396. The standard InChI is InChI=1S/C54H32N4/c1-3-14-35(15-4-1)51-55-52(36-16-5-2-6-17-36)57-53(56-51)40-22-13-27-47-50(40)39-21-8-10-26-46(39)58(47)37-30-31-43-41(32-37)38-20-7-9-23-42(38)54(43)44-24-11-18-33-28-29-34-19-12-25-45(54)49(34)48(33)44/h1-32H. The zero-order valence-electron chi connectivity index (χ0n) is 31.3. The number of para-hydroxylation sites is 1. The molecule has 0 unspecified atom stereocenters. The fraction of sp³-hybridized carbons (Fsp3) is 0.0185. The molecule has 0 amide bonds. The molecule has 0 aliphatic heterocycles. The highest BCUT2D eigenvalue weighted by Crippen LogP contribution is 2.62. The third-order valence-corrected chi connectivity index (χ3v) is 12.6. The molecule has 2 aromatic heterocycles. The average Bonchev–Trinajstić information content (AvgIpc) is 3.91. The van der Waals surface area contributed by atoms with Crippen LogP contribution in [0.2, 0.25) is 0 Å². The van der Waals surface area contributed by atoms with E-state index in [1.165, 1.54) is 54.9 Å². The summed E-state index contributed by atoms with van der Waals surface area (Å²) in [4.78, 5) is 15.3. The summed E-state index contributed by atoms with van der Waals surface area (Å²) in [5.74, 6) is 1.95. The highest BCUT2D eigenvalue weighted by atomic mass is 15.0. The van der Waals surface area contributed by atoms with E-state index in [-0.39, 0.29) is 0 Å². The highest BCUT2D eigenvalue weighted by Gasteiger charge is 2.50. The third kappa shape index (κ3) is 4.10. The van der Waals surface area contributed by atoms with E-state index in [1.807, 2.05) is 36.4 Å². The molecule has 2 heterocycles. The van der Waals surface area contributed by atoms with Crippen molar-refractivity contribution >= 4 is 43.4 Å². The Kier molecular flexibility index (Phi) is 6.34. The molecule has 11 aromatic rings. The normalized spacial score (nSPS) is 13.3. The first-order valence-electron chi connectivity index (χ1n) is 19.9. The van der Waals surface area contributed by atoms with Gasteiger partial charge in [-0.2, -0.15) is 0 Å². The van der Waals surface area contributed by atoms with Crippen LogP contribution in [0.4, 0.5) is 0 Å². The van der Waals surface area contributed by atoms with Gasteiger partial charge in [-0.25, -0.2) is 15.0 Å². The summed E-state index contributed by atoms with van der Waals surface area (Å²) in [7, 11) is 0. The van der Waals surface area contributed by atoms with E-state index in [9.17, 15) is 0 Å². The van der Waals surface area contributed by atoms with Crippen molar-refractivity contribution in [3.05, 3.63) is 216 Å². The van der Waals surface area contributed by atoms with Crippen molar-refractivity contribution < 1.29 is 0 Å². The third-order valence-electron chi connectivity index (χ3n) is 12.6. The largest absolute Gasteiger partial charge is 0.309 e. The molecule has 9 aromatic carbocycles. The molecule has 2 aliphatic rings. The van der Waals surface area contributed by atoms with Gasteiger partial charge < -0.3 is 4.57 Å². The minimum Gasteiger partial charge on any atom is -0.309 e. The summed E-state index contributed by atoms with van der Waals surface area (Å²) < 4.78 is 2.42. The Morgan fingerprint density at radius 3 is 1.59 bits per heavy atom. The van der Waals surface area contributed by atoms with Gasteiger partial charge in [-0.05, 0) is 79.2 Å². The summed E-state index contributed by atoms with van der Waals surface area (Å²) in [6.07, 6.45) is 0. The first-order chi connectivity index (χ1) is 28.8. The molecule has 1 spiro atoms. The lowest BCUT2D eigenvalue weighted by molar-refractivity contribution is 0.796. The molecule has 0 N–H and O–H groups in total. The summed E-state index contributed by atoms with van der Waals surface area (Å²) in [6.45, 7) is 0. The van der Waals surface area contributed by atoms with Gasteiger partial charge in [0.1, 0.15) is 0 Å². The van der Waals surface area contributed by atoms with Crippen LogP contribution in [0.1, 0.15) is 22.3 Å². The molecule has 2 aliphatic carbocycles. The van der Waals surface area contributed by atoms with E-state index in [4.69, 9.17) is 15.0 Å². The molecule has 4 heteroatoms. The SMILES string of the molecule is c1ccc(-c2nc(-c3ccccc3)nc(-c3cccc4c3c3ccccc3n4-c3ccc4c(c3)-c3ccccc3C43c4cccc5ccc6cccc3c6c45)n2)cc1. The lowest BCUT2D eigenvalue weighted by Crippen LogP contribution is -2.26. The van der Waals surface area contributed by atoms with Crippen LogP contribution in [-0.4, -0.2) is 19.5 Å². The second-order valence-electron chi connectivity index (χ2n) is 15.5. The number of hydrogen-bond acceptors (Lipinski definition) is 3. The molecular weight excluding hydrogens is 705 g/mol. The van der Waals surface area contributed by atoms with E-state index in [2.05, 4.69) is 162 Å². The van der Waals surface area contributed by atoms with Gasteiger partial charge in [0.25, 0.3) is 0 Å². The van der Waals surface area contributed by atoms with Crippen LogP contribution < -0.4 is 0 Å². The lowest BCUT2D eigenvalue weighted by atomic mass is 9.70. The van der Waals surface area contributed by atoms with Crippen molar-refractivity contribution in [2.45, 2.75) is 5.41 Å². The molecule has 0 saturated heterocycles. The van der Waals surface area contributed by atoms with Crippen molar-refractivity contribution in [1.82, 2.24) is 19.5 Å². The van der Waals surface area contributed by atoms with Crippen LogP contribution in [0.15, 0.2) is 194 Å². The van der Waals surface area contributed by atoms with Gasteiger partial charge in [0.2, 0.25) is 0 Å². The van der Waals surface area contributed by atoms with Crippen LogP contribution in [-0.2, 0) is 5.41 Å². The minimum atomic E-state index is -0.396. The van der Waals surface area contributed by atoms with Gasteiger partial charge in [0.15, 0.2) is 17.5 Å². The molecule has 13 rings (SSSR count). The first-order valence-corrected chi connectivity index (χ1v) is 19.9. The average molecular weight is 737 g/mol. The van der Waals surface area contributed by atoms with E-state index in [1.54, 1.807) is 0 Å². The molecule has 58 heavy (non-hydrogen) atoms. The fourth-order valence-electron chi connectivity index (χ4n) is 10.3. The fourth-order valence-corrected chi connectivity index (χ4v) is 10.3. The maximum atomic E-state index is 5.17. The maximum Gasteiger partial charge on any atom is 0.164 e. The Bertz CT molecular complexity index is 3390. The first kappa shape index (κ1) is 31.5. The summed E-state index contributed by atoms with van der Waals surface area (Å²) >= 11 is 0. The van der Waals surface area contributed by atoms with Gasteiger partial charge in [-0.1, -0.05) is 170 Å². The van der Waals surface area contributed by atoms with Crippen molar-refractivity contribution in [1.29, 1.82) is 0 Å². The zero-order chi connectivity index (χ0) is 38.0. The maximum absolute atomic E-state index is 5.17. The summed E-state index contributed by atoms with van der Waals surface area (Å²) in [5, 5.41) is 7.61. The molecule has 0 saturated carbocycles. The van der Waals surface area contributed by atoms with Crippen molar-refractivity contribution in [3.8, 4) is 51.0 Å². The van der Waals surface area contributed by atoms with Gasteiger partial charge in [0.05, 0.1) is 16.4 Å². The molecule has 268 valence electrons. The van der Waals surface area contributed by atoms with Gasteiger partial charge >= 0.3 is 0 Å². The Balaban J connectivity index is 1.06. The Morgan fingerprint density at radius 1 is 0.345 bits per heavy atom. The molecule has 0 fully saturated rings. The number of aromatic nitrogens is 4. The zero-order valence-corrected chi connectivity index (χ0v) is 31.3. The Labute approximate surface area is 334 Å². The molecule has 0 atom stereocenters. The van der Waals surface area contributed by atoms with Crippen molar-refractivity contribution in [2.75, 3.05) is 0 Å². The molecule has 0 radical (unpaired) electrons. The number of benzene rings is 9. The van der Waals surface area contributed by atoms with Crippen LogP contribution >= 0.6 is 0 Å². The predicted octanol–water partition coefficient (Wildman–Crippen LogP) is 13.0. The highest BCUT2D eigenvalue weighted by molar-refractivity contribution is 6.18. The van der Waals surface area contributed by atoms with Crippen LogP contribution in [0, 0.1) is 0 Å². The number of fused-ring (bicyclic) bond motifs is 10. The van der Waals surface area contributed by atoms with E-state index in [0.29, 0.717) is 17.5 Å². The smallest absolute Gasteiger partial charge is 0.164 e. The van der Waals surface area contributed by atoms with Crippen molar-refractivity contribution in [3.63, 3.8) is 0 Å². The second kappa shape index (κ2) is 11.7. The molecular formula is C54H32N4. The van der Waals surface area contributed by atoms with Gasteiger partial charge in [-0.3, -0.25) is 0 Å².